The van der Waals surface area contributed by atoms with Crippen LogP contribution < -0.4 is 15.8 Å². The summed E-state index contributed by atoms with van der Waals surface area (Å²) in [6.45, 7) is 6.32. The highest BCUT2D eigenvalue weighted by molar-refractivity contribution is 5.94. The molecule has 1 spiro atoms. The number of anilines is 2. The van der Waals surface area contributed by atoms with Gasteiger partial charge in [-0.3, -0.25) is 9.36 Å². The van der Waals surface area contributed by atoms with Crippen molar-refractivity contribution in [3.63, 3.8) is 0 Å². The van der Waals surface area contributed by atoms with E-state index in [0.29, 0.717) is 29.3 Å². The molecule has 1 saturated heterocycles. The molecule has 0 amide bonds. The zero-order chi connectivity index (χ0) is 23.3. The SMILES string of the molecule is CC1C=C([C@@H](C)Nc2ccc(F)cc2C(=O)O)c2nc(N3CCC4(CC3)CC4)cc(=O)n2C1. The molecule has 2 aromatic rings. The van der Waals surface area contributed by atoms with Crippen LogP contribution in [0.4, 0.5) is 15.9 Å². The summed E-state index contributed by atoms with van der Waals surface area (Å²) in [5.74, 6) is -0.359. The zero-order valence-corrected chi connectivity index (χ0v) is 19.0. The third-order valence-electron chi connectivity index (χ3n) is 7.34. The van der Waals surface area contributed by atoms with Gasteiger partial charge in [-0.2, -0.15) is 0 Å². The Morgan fingerprint density at radius 1 is 1.24 bits per heavy atom. The van der Waals surface area contributed by atoms with Gasteiger partial charge >= 0.3 is 5.97 Å². The maximum absolute atomic E-state index is 13.6. The molecule has 2 atom stereocenters. The Balaban J connectivity index is 1.46. The molecule has 1 aliphatic carbocycles. The normalized spacial score (nSPS) is 21.8. The van der Waals surface area contributed by atoms with Crippen molar-refractivity contribution in [2.45, 2.75) is 52.1 Å². The van der Waals surface area contributed by atoms with Gasteiger partial charge in [0.2, 0.25) is 0 Å². The number of carboxylic acids is 1. The molecule has 0 radical (unpaired) electrons. The zero-order valence-electron chi connectivity index (χ0n) is 19.0. The van der Waals surface area contributed by atoms with Gasteiger partial charge < -0.3 is 15.3 Å². The van der Waals surface area contributed by atoms with Crippen molar-refractivity contribution in [1.82, 2.24) is 9.55 Å². The van der Waals surface area contributed by atoms with Crippen molar-refractivity contribution in [3.8, 4) is 0 Å². The van der Waals surface area contributed by atoms with E-state index in [1.54, 1.807) is 10.6 Å². The Morgan fingerprint density at radius 2 is 1.97 bits per heavy atom. The van der Waals surface area contributed by atoms with E-state index in [2.05, 4.69) is 16.3 Å². The lowest BCUT2D eigenvalue weighted by Gasteiger charge is -2.34. The highest BCUT2D eigenvalue weighted by Crippen LogP contribution is 2.53. The number of aromatic nitrogens is 2. The minimum Gasteiger partial charge on any atom is -0.478 e. The van der Waals surface area contributed by atoms with Gasteiger partial charge in [0.05, 0.1) is 11.6 Å². The minimum atomic E-state index is -1.20. The molecule has 1 aromatic carbocycles. The molecule has 2 N–H and O–H groups in total. The Labute approximate surface area is 191 Å². The molecular formula is C25H29FN4O3. The second kappa shape index (κ2) is 8.01. The number of rotatable bonds is 5. The Kier molecular flexibility index (Phi) is 5.26. The van der Waals surface area contributed by atoms with Gasteiger partial charge in [-0.1, -0.05) is 13.0 Å². The van der Waals surface area contributed by atoms with Crippen molar-refractivity contribution in [2.24, 2.45) is 11.3 Å². The molecule has 3 aliphatic rings. The molecule has 33 heavy (non-hydrogen) atoms. The van der Waals surface area contributed by atoms with Crippen LogP contribution in [-0.4, -0.2) is 39.8 Å². The fourth-order valence-corrected chi connectivity index (χ4v) is 5.13. The fraction of sp³-hybridized carbons (Fsp3) is 0.480. The third-order valence-corrected chi connectivity index (χ3v) is 7.34. The smallest absolute Gasteiger partial charge is 0.337 e. The summed E-state index contributed by atoms with van der Waals surface area (Å²) in [6.07, 6.45) is 7.01. The molecular weight excluding hydrogens is 423 g/mol. The van der Waals surface area contributed by atoms with Crippen LogP contribution in [0.15, 0.2) is 35.1 Å². The molecule has 7 nitrogen and oxygen atoms in total. The van der Waals surface area contributed by atoms with Crippen LogP contribution in [0, 0.1) is 17.2 Å². The second-order valence-electron chi connectivity index (χ2n) is 9.83. The first kappa shape index (κ1) is 21.7. The van der Waals surface area contributed by atoms with E-state index < -0.39 is 11.8 Å². The van der Waals surface area contributed by atoms with Crippen LogP contribution in [0.1, 0.15) is 55.7 Å². The number of nitrogens with one attached hydrogen (secondary N) is 1. The maximum Gasteiger partial charge on any atom is 0.337 e. The van der Waals surface area contributed by atoms with E-state index in [1.165, 1.54) is 25.0 Å². The number of carboxylic acid groups (broad SMARTS) is 1. The maximum atomic E-state index is 13.6. The van der Waals surface area contributed by atoms with E-state index in [9.17, 15) is 19.1 Å². The second-order valence-corrected chi connectivity index (χ2v) is 9.83. The van der Waals surface area contributed by atoms with Crippen molar-refractivity contribution in [3.05, 3.63) is 57.9 Å². The lowest BCUT2D eigenvalue weighted by Crippen LogP contribution is -2.38. The average molecular weight is 453 g/mol. The highest BCUT2D eigenvalue weighted by atomic mass is 19.1. The van der Waals surface area contributed by atoms with Gasteiger partial charge in [-0.05, 0) is 62.1 Å². The van der Waals surface area contributed by atoms with Gasteiger partial charge in [-0.15, -0.1) is 0 Å². The first-order chi connectivity index (χ1) is 15.7. The van der Waals surface area contributed by atoms with Gasteiger partial charge in [0.25, 0.3) is 5.56 Å². The van der Waals surface area contributed by atoms with E-state index in [1.807, 2.05) is 13.8 Å². The summed E-state index contributed by atoms with van der Waals surface area (Å²) < 4.78 is 15.3. The summed E-state index contributed by atoms with van der Waals surface area (Å²) in [4.78, 5) is 31.8. The van der Waals surface area contributed by atoms with Crippen molar-refractivity contribution >= 4 is 23.0 Å². The molecule has 5 rings (SSSR count). The number of piperidine rings is 1. The van der Waals surface area contributed by atoms with Gasteiger partial charge in [0.1, 0.15) is 17.5 Å². The number of hydrogen-bond acceptors (Lipinski definition) is 5. The van der Waals surface area contributed by atoms with Gasteiger partial charge in [0, 0.05) is 37.0 Å². The Morgan fingerprint density at radius 3 is 2.64 bits per heavy atom. The van der Waals surface area contributed by atoms with Crippen molar-refractivity contribution < 1.29 is 14.3 Å². The number of carbonyl (C=O) groups is 1. The Hall–Kier alpha value is -3.16. The summed E-state index contributed by atoms with van der Waals surface area (Å²) >= 11 is 0. The van der Waals surface area contributed by atoms with Crippen molar-refractivity contribution in [2.75, 3.05) is 23.3 Å². The number of aromatic carboxylic acids is 1. The standard InChI is InChI=1S/C25H29FN4O3/c1-15-11-18(16(2)27-20-4-3-17(26)12-19(20)24(32)33)23-28-21(13-22(31)30(23)14-15)29-9-7-25(5-6-25)8-10-29/h3-4,11-13,15-16,27H,5-10,14H2,1-2H3,(H,32,33)/t15?,16-/m1/s1. The summed E-state index contributed by atoms with van der Waals surface area (Å²) in [7, 11) is 0. The van der Waals surface area contributed by atoms with Crippen LogP contribution in [0.25, 0.3) is 5.57 Å². The molecule has 3 heterocycles. The average Bonchev–Trinajstić information content (AvgIpc) is 3.54. The minimum absolute atomic E-state index is 0.0700. The molecule has 0 bridgehead atoms. The van der Waals surface area contributed by atoms with Crippen LogP contribution in [0.2, 0.25) is 0 Å². The lowest BCUT2D eigenvalue weighted by atomic mass is 9.93. The van der Waals surface area contributed by atoms with Crippen LogP contribution in [0.3, 0.4) is 0 Å². The van der Waals surface area contributed by atoms with Crippen molar-refractivity contribution in [1.29, 1.82) is 0 Å². The topological polar surface area (TPSA) is 87.5 Å². The largest absolute Gasteiger partial charge is 0.478 e. The molecule has 1 unspecified atom stereocenters. The molecule has 2 fully saturated rings. The third kappa shape index (κ3) is 4.14. The van der Waals surface area contributed by atoms with E-state index in [0.717, 1.165) is 37.6 Å². The summed E-state index contributed by atoms with van der Waals surface area (Å²) in [5, 5.41) is 12.7. The summed E-state index contributed by atoms with van der Waals surface area (Å²) in [6, 6.07) is 4.98. The van der Waals surface area contributed by atoms with E-state index >= 15 is 0 Å². The lowest BCUT2D eigenvalue weighted by molar-refractivity contribution is 0.0697. The number of fused-ring (bicyclic) bond motifs is 1. The van der Waals surface area contributed by atoms with Gasteiger partial charge in [0.15, 0.2) is 0 Å². The quantitative estimate of drug-likeness (QED) is 0.713. The Bertz CT molecular complexity index is 1190. The number of hydrogen-bond donors (Lipinski definition) is 2. The summed E-state index contributed by atoms with van der Waals surface area (Å²) in [5.41, 5.74) is 1.50. The fourth-order valence-electron chi connectivity index (χ4n) is 5.13. The first-order valence-electron chi connectivity index (χ1n) is 11.6. The molecule has 1 saturated carbocycles. The first-order valence-corrected chi connectivity index (χ1v) is 11.6. The number of benzene rings is 1. The number of halogens is 1. The van der Waals surface area contributed by atoms with Crippen LogP contribution in [0.5, 0.6) is 0 Å². The molecule has 8 heteroatoms. The number of nitrogens with zero attached hydrogens (tertiary/aromatic N) is 3. The van der Waals surface area contributed by atoms with Crippen LogP contribution >= 0.6 is 0 Å². The molecule has 174 valence electrons. The monoisotopic (exact) mass is 452 g/mol. The molecule has 1 aromatic heterocycles. The highest BCUT2D eigenvalue weighted by Gasteiger charge is 2.44. The van der Waals surface area contributed by atoms with Crippen LogP contribution in [-0.2, 0) is 6.54 Å². The van der Waals surface area contributed by atoms with Gasteiger partial charge in [-0.25, -0.2) is 14.2 Å². The predicted octanol–water partition coefficient (Wildman–Crippen LogP) is 3.99. The molecule has 2 aliphatic heterocycles. The predicted molar refractivity (Wildman–Crippen MR) is 125 cm³/mol. The van der Waals surface area contributed by atoms with E-state index in [-0.39, 0.29) is 23.1 Å². The van der Waals surface area contributed by atoms with E-state index in [4.69, 9.17) is 4.98 Å². The number of allylic oxidation sites excluding steroid dienone is 1.